The Labute approximate surface area is 94.1 Å². The Morgan fingerprint density at radius 3 is 2.81 bits per heavy atom. The van der Waals surface area contributed by atoms with Gasteiger partial charge in [-0.3, -0.25) is 0 Å². The van der Waals surface area contributed by atoms with Crippen LogP contribution in [0.2, 0.25) is 0 Å². The number of hydrogen-bond donors (Lipinski definition) is 1. The van der Waals surface area contributed by atoms with Crippen molar-refractivity contribution in [2.24, 2.45) is 7.05 Å². The summed E-state index contributed by atoms with van der Waals surface area (Å²) in [7, 11) is 3.59. The first-order valence-corrected chi connectivity index (χ1v) is 4.99. The molecule has 5 nitrogen and oxygen atoms in total. The lowest BCUT2D eigenvalue weighted by atomic mass is 10.4. The molecule has 0 radical (unpaired) electrons. The van der Waals surface area contributed by atoms with Crippen LogP contribution in [0.15, 0.2) is 30.7 Å². The Morgan fingerprint density at radius 2 is 2.25 bits per heavy atom. The van der Waals surface area contributed by atoms with E-state index in [1.54, 1.807) is 19.5 Å². The van der Waals surface area contributed by atoms with Crippen LogP contribution in [0, 0.1) is 0 Å². The minimum absolute atomic E-state index is 0.656. The number of anilines is 1. The zero-order valence-electron chi connectivity index (χ0n) is 9.34. The number of aryl methyl sites for hydroxylation is 1. The second-order valence-corrected chi connectivity index (χ2v) is 3.39. The van der Waals surface area contributed by atoms with E-state index in [2.05, 4.69) is 15.3 Å². The fourth-order valence-electron chi connectivity index (χ4n) is 1.34. The highest BCUT2D eigenvalue weighted by Gasteiger charge is 1.99. The molecule has 2 rings (SSSR count). The normalized spacial score (nSPS) is 10.1. The lowest BCUT2D eigenvalue weighted by molar-refractivity contribution is 0.413. The smallest absolute Gasteiger partial charge is 0.137 e. The van der Waals surface area contributed by atoms with Crippen molar-refractivity contribution in [3.63, 3.8) is 0 Å². The van der Waals surface area contributed by atoms with E-state index >= 15 is 0 Å². The zero-order valence-corrected chi connectivity index (χ0v) is 9.34. The van der Waals surface area contributed by atoms with Crippen LogP contribution in [0.5, 0.6) is 5.75 Å². The molecule has 0 atom stereocenters. The van der Waals surface area contributed by atoms with E-state index < -0.39 is 0 Å². The van der Waals surface area contributed by atoms with E-state index in [1.807, 2.05) is 29.9 Å². The highest BCUT2D eigenvalue weighted by Crippen LogP contribution is 2.11. The molecule has 16 heavy (non-hydrogen) atoms. The van der Waals surface area contributed by atoms with Crippen molar-refractivity contribution in [3.05, 3.63) is 36.5 Å². The molecule has 5 heteroatoms. The molecule has 1 N–H and O–H groups in total. The quantitative estimate of drug-likeness (QED) is 0.843. The topological polar surface area (TPSA) is 52.0 Å². The summed E-state index contributed by atoms with van der Waals surface area (Å²) < 4.78 is 7.00. The molecular formula is C11H14N4O. The average molecular weight is 218 g/mol. The molecule has 0 saturated heterocycles. The van der Waals surface area contributed by atoms with Crippen LogP contribution in [0.25, 0.3) is 0 Å². The third-order valence-corrected chi connectivity index (χ3v) is 2.32. The number of methoxy groups -OCH3 is 1. The van der Waals surface area contributed by atoms with Gasteiger partial charge in [0.05, 0.1) is 19.9 Å². The molecule has 0 amide bonds. The number of imidazole rings is 1. The molecule has 2 heterocycles. The van der Waals surface area contributed by atoms with E-state index in [1.165, 1.54) is 0 Å². The average Bonchev–Trinajstić information content (AvgIpc) is 2.73. The van der Waals surface area contributed by atoms with Crippen LogP contribution in [-0.4, -0.2) is 21.6 Å². The van der Waals surface area contributed by atoms with Crippen molar-refractivity contribution in [1.82, 2.24) is 14.5 Å². The Bertz CT molecular complexity index is 449. The molecule has 84 valence electrons. The molecule has 0 saturated carbocycles. The van der Waals surface area contributed by atoms with Gasteiger partial charge in [-0.15, -0.1) is 0 Å². The van der Waals surface area contributed by atoms with Gasteiger partial charge in [0.1, 0.15) is 17.4 Å². The number of ether oxygens (including phenoxy) is 1. The van der Waals surface area contributed by atoms with Crippen molar-refractivity contribution in [2.45, 2.75) is 6.54 Å². The maximum Gasteiger partial charge on any atom is 0.137 e. The fraction of sp³-hybridized carbons (Fsp3) is 0.273. The summed E-state index contributed by atoms with van der Waals surface area (Å²) in [4.78, 5) is 8.42. The second kappa shape index (κ2) is 4.65. The lowest BCUT2D eigenvalue weighted by Crippen LogP contribution is -2.06. The van der Waals surface area contributed by atoms with Gasteiger partial charge in [-0.05, 0) is 12.1 Å². The summed E-state index contributed by atoms with van der Waals surface area (Å²) in [5.41, 5.74) is 0. The Hall–Kier alpha value is -2.04. The van der Waals surface area contributed by atoms with Crippen LogP contribution in [0.1, 0.15) is 5.82 Å². The first kappa shape index (κ1) is 10.5. The van der Waals surface area contributed by atoms with E-state index in [9.17, 15) is 0 Å². The van der Waals surface area contributed by atoms with Crippen molar-refractivity contribution in [1.29, 1.82) is 0 Å². The minimum Gasteiger partial charge on any atom is -0.495 e. The van der Waals surface area contributed by atoms with Gasteiger partial charge in [0.2, 0.25) is 0 Å². The summed E-state index contributed by atoms with van der Waals surface area (Å²) >= 11 is 0. The fourth-order valence-corrected chi connectivity index (χ4v) is 1.34. The largest absolute Gasteiger partial charge is 0.495 e. The third kappa shape index (κ3) is 2.31. The van der Waals surface area contributed by atoms with Crippen LogP contribution in [-0.2, 0) is 13.6 Å². The van der Waals surface area contributed by atoms with E-state index in [-0.39, 0.29) is 0 Å². The summed E-state index contributed by atoms with van der Waals surface area (Å²) in [6.07, 6.45) is 5.37. The standard InChI is InChI=1S/C11H14N4O/c1-15-6-5-12-11(15)8-14-10-4-3-9(16-2)7-13-10/h3-7H,8H2,1-2H3,(H,13,14). The maximum atomic E-state index is 5.03. The van der Waals surface area contributed by atoms with Gasteiger partial charge in [-0.25, -0.2) is 9.97 Å². The molecule has 0 unspecified atom stereocenters. The van der Waals surface area contributed by atoms with Gasteiger partial charge < -0.3 is 14.6 Å². The minimum atomic E-state index is 0.656. The highest BCUT2D eigenvalue weighted by atomic mass is 16.5. The monoisotopic (exact) mass is 218 g/mol. The molecule has 2 aromatic rings. The molecule has 0 aromatic carbocycles. The molecule has 2 aromatic heterocycles. The summed E-state index contributed by atoms with van der Waals surface area (Å²) in [6, 6.07) is 3.75. The molecule has 0 aliphatic heterocycles. The Balaban J connectivity index is 1.97. The predicted octanol–water partition coefficient (Wildman–Crippen LogP) is 1.44. The van der Waals surface area contributed by atoms with Crippen LogP contribution < -0.4 is 10.1 Å². The first-order valence-electron chi connectivity index (χ1n) is 4.99. The SMILES string of the molecule is COc1ccc(NCc2nccn2C)nc1. The van der Waals surface area contributed by atoms with Crippen LogP contribution >= 0.6 is 0 Å². The maximum absolute atomic E-state index is 5.03. The predicted molar refractivity (Wildman–Crippen MR) is 61.3 cm³/mol. The van der Waals surface area contributed by atoms with E-state index in [4.69, 9.17) is 4.74 Å². The number of rotatable bonds is 4. The van der Waals surface area contributed by atoms with Crippen LogP contribution in [0.4, 0.5) is 5.82 Å². The van der Waals surface area contributed by atoms with Gasteiger partial charge >= 0.3 is 0 Å². The van der Waals surface area contributed by atoms with E-state index in [0.29, 0.717) is 6.54 Å². The first-order chi connectivity index (χ1) is 7.79. The molecule has 0 aliphatic carbocycles. The zero-order chi connectivity index (χ0) is 11.4. The number of pyridine rings is 1. The summed E-state index contributed by atoms with van der Waals surface area (Å²) in [5.74, 6) is 2.53. The number of aromatic nitrogens is 3. The third-order valence-electron chi connectivity index (χ3n) is 2.32. The summed E-state index contributed by atoms with van der Waals surface area (Å²) in [6.45, 7) is 0.656. The van der Waals surface area contributed by atoms with E-state index in [0.717, 1.165) is 17.4 Å². The van der Waals surface area contributed by atoms with Gasteiger partial charge in [-0.1, -0.05) is 0 Å². The lowest BCUT2D eigenvalue weighted by Gasteiger charge is -2.06. The molecular weight excluding hydrogens is 204 g/mol. The Morgan fingerprint density at radius 1 is 1.38 bits per heavy atom. The van der Waals surface area contributed by atoms with Crippen molar-refractivity contribution >= 4 is 5.82 Å². The highest BCUT2D eigenvalue weighted by molar-refractivity contribution is 5.37. The molecule has 0 fully saturated rings. The number of nitrogens with one attached hydrogen (secondary N) is 1. The summed E-state index contributed by atoms with van der Waals surface area (Å²) in [5, 5.41) is 3.19. The van der Waals surface area contributed by atoms with Crippen molar-refractivity contribution in [3.8, 4) is 5.75 Å². The molecule has 0 bridgehead atoms. The van der Waals surface area contributed by atoms with Crippen molar-refractivity contribution < 1.29 is 4.74 Å². The van der Waals surface area contributed by atoms with Crippen molar-refractivity contribution in [2.75, 3.05) is 12.4 Å². The van der Waals surface area contributed by atoms with Gasteiger partial charge in [0.15, 0.2) is 0 Å². The van der Waals surface area contributed by atoms with Gasteiger partial charge in [0, 0.05) is 19.4 Å². The Kier molecular flexibility index (Phi) is 3.05. The van der Waals surface area contributed by atoms with Gasteiger partial charge in [-0.2, -0.15) is 0 Å². The molecule has 0 spiro atoms. The second-order valence-electron chi connectivity index (χ2n) is 3.39. The number of hydrogen-bond acceptors (Lipinski definition) is 4. The van der Waals surface area contributed by atoms with Crippen LogP contribution in [0.3, 0.4) is 0 Å². The number of nitrogens with zero attached hydrogens (tertiary/aromatic N) is 3. The molecule has 0 aliphatic rings. The van der Waals surface area contributed by atoms with Gasteiger partial charge in [0.25, 0.3) is 0 Å².